The maximum Gasteiger partial charge on any atom is 0.329 e. The SMILES string of the molecule is CCN(Cc1ccc(OC)c(OC)c1)C(=O)CCn1c(=O)n(CC)c2ccccc21. The third-order valence-electron chi connectivity index (χ3n) is 5.35. The van der Waals surface area contributed by atoms with Gasteiger partial charge in [-0.05, 0) is 43.7 Å². The van der Waals surface area contributed by atoms with Gasteiger partial charge in [-0.3, -0.25) is 13.9 Å². The van der Waals surface area contributed by atoms with Crippen LogP contribution in [-0.4, -0.2) is 40.7 Å². The normalized spacial score (nSPS) is 10.9. The van der Waals surface area contributed by atoms with Gasteiger partial charge in [-0.1, -0.05) is 18.2 Å². The van der Waals surface area contributed by atoms with Crippen LogP contribution in [0.3, 0.4) is 0 Å². The standard InChI is InChI=1S/C23H29N3O4/c1-5-24(16-17-11-12-20(29-3)21(15-17)30-4)22(27)13-14-26-19-10-8-7-9-18(19)25(6-2)23(26)28/h7-12,15H,5-6,13-14,16H2,1-4H3. The molecule has 30 heavy (non-hydrogen) atoms. The number of carbonyl (C=O) groups excluding carboxylic acids is 1. The second-order valence-corrected chi connectivity index (χ2v) is 7.01. The van der Waals surface area contributed by atoms with Crippen molar-refractivity contribution in [3.63, 3.8) is 0 Å². The molecule has 7 nitrogen and oxygen atoms in total. The Kier molecular flexibility index (Phi) is 6.82. The number of aromatic nitrogens is 2. The van der Waals surface area contributed by atoms with Gasteiger partial charge in [0.15, 0.2) is 11.5 Å². The summed E-state index contributed by atoms with van der Waals surface area (Å²) in [5.74, 6) is 1.30. The molecule has 0 saturated heterocycles. The van der Waals surface area contributed by atoms with Crippen molar-refractivity contribution in [2.24, 2.45) is 0 Å². The van der Waals surface area contributed by atoms with E-state index in [1.165, 1.54) is 0 Å². The molecular weight excluding hydrogens is 382 g/mol. The fraction of sp³-hybridized carbons (Fsp3) is 0.391. The van der Waals surface area contributed by atoms with E-state index in [0.29, 0.717) is 37.7 Å². The van der Waals surface area contributed by atoms with Gasteiger partial charge in [0.1, 0.15) is 0 Å². The minimum absolute atomic E-state index is 0.00696. The third-order valence-corrected chi connectivity index (χ3v) is 5.35. The van der Waals surface area contributed by atoms with E-state index in [4.69, 9.17) is 9.47 Å². The maximum atomic E-state index is 12.9. The second-order valence-electron chi connectivity index (χ2n) is 7.01. The summed E-state index contributed by atoms with van der Waals surface area (Å²) in [5.41, 5.74) is 2.65. The quantitative estimate of drug-likeness (QED) is 0.542. The van der Waals surface area contributed by atoms with E-state index >= 15 is 0 Å². The van der Waals surface area contributed by atoms with Crippen molar-refractivity contribution in [3.8, 4) is 11.5 Å². The number of fused-ring (bicyclic) bond motifs is 1. The highest BCUT2D eigenvalue weighted by Gasteiger charge is 2.17. The summed E-state index contributed by atoms with van der Waals surface area (Å²) in [5, 5.41) is 0. The average Bonchev–Trinajstić information content (AvgIpc) is 3.05. The van der Waals surface area contributed by atoms with E-state index < -0.39 is 0 Å². The Labute approximate surface area is 176 Å². The Bertz CT molecular complexity index is 1080. The lowest BCUT2D eigenvalue weighted by molar-refractivity contribution is -0.131. The number of rotatable bonds is 9. The number of imidazole rings is 1. The van der Waals surface area contributed by atoms with Crippen molar-refractivity contribution in [3.05, 3.63) is 58.5 Å². The monoisotopic (exact) mass is 411 g/mol. The molecule has 0 aliphatic heterocycles. The highest BCUT2D eigenvalue weighted by Crippen LogP contribution is 2.28. The highest BCUT2D eigenvalue weighted by molar-refractivity contribution is 5.78. The number of hydrogen-bond donors (Lipinski definition) is 0. The molecule has 0 radical (unpaired) electrons. The summed E-state index contributed by atoms with van der Waals surface area (Å²) < 4.78 is 14.1. The lowest BCUT2D eigenvalue weighted by Crippen LogP contribution is -2.32. The largest absolute Gasteiger partial charge is 0.493 e. The van der Waals surface area contributed by atoms with Gasteiger partial charge in [-0.15, -0.1) is 0 Å². The predicted molar refractivity (Wildman–Crippen MR) is 117 cm³/mol. The Hall–Kier alpha value is -3.22. The molecule has 0 saturated carbocycles. The van der Waals surface area contributed by atoms with Crippen LogP contribution in [0, 0.1) is 0 Å². The van der Waals surface area contributed by atoms with Crippen molar-refractivity contribution < 1.29 is 14.3 Å². The second kappa shape index (κ2) is 9.52. The maximum absolute atomic E-state index is 12.9. The Morgan fingerprint density at radius 2 is 1.63 bits per heavy atom. The van der Waals surface area contributed by atoms with Gasteiger partial charge in [0.05, 0.1) is 25.3 Å². The summed E-state index contributed by atoms with van der Waals surface area (Å²) in [6.07, 6.45) is 0.263. The summed E-state index contributed by atoms with van der Waals surface area (Å²) in [6.45, 7) is 5.91. The van der Waals surface area contributed by atoms with Gasteiger partial charge in [0.2, 0.25) is 5.91 Å². The molecule has 0 N–H and O–H groups in total. The van der Waals surface area contributed by atoms with Gasteiger partial charge >= 0.3 is 5.69 Å². The molecule has 0 aliphatic rings. The molecule has 160 valence electrons. The van der Waals surface area contributed by atoms with Gasteiger partial charge < -0.3 is 14.4 Å². The molecule has 1 amide bonds. The molecule has 3 aromatic rings. The van der Waals surface area contributed by atoms with Crippen LogP contribution >= 0.6 is 0 Å². The molecular formula is C23H29N3O4. The van der Waals surface area contributed by atoms with Crippen molar-refractivity contribution >= 4 is 16.9 Å². The number of ether oxygens (including phenoxy) is 2. The van der Waals surface area contributed by atoms with E-state index in [0.717, 1.165) is 16.6 Å². The topological polar surface area (TPSA) is 65.7 Å². The van der Waals surface area contributed by atoms with E-state index in [1.54, 1.807) is 28.3 Å². The number of amides is 1. The van der Waals surface area contributed by atoms with E-state index in [-0.39, 0.29) is 18.0 Å². The average molecular weight is 412 g/mol. The van der Waals surface area contributed by atoms with Crippen LogP contribution < -0.4 is 15.2 Å². The van der Waals surface area contributed by atoms with Crippen LogP contribution in [0.5, 0.6) is 11.5 Å². The zero-order valence-corrected chi connectivity index (χ0v) is 18.1. The zero-order valence-electron chi connectivity index (χ0n) is 18.1. The van der Waals surface area contributed by atoms with Gasteiger partial charge in [-0.25, -0.2) is 4.79 Å². The first-order chi connectivity index (χ1) is 14.5. The fourth-order valence-electron chi connectivity index (χ4n) is 3.74. The Morgan fingerprint density at radius 3 is 2.23 bits per heavy atom. The number of methoxy groups -OCH3 is 2. The molecule has 1 aromatic heterocycles. The van der Waals surface area contributed by atoms with Crippen LogP contribution in [0.1, 0.15) is 25.8 Å². The van der Waals surface area contributed by atoms with Crippen molar-refractivity contribution in [1.82, 2.24) is 14.0 Å². The van der Waals surface area contributed by atoms with Crippen LogP contribution in [0.4, 0.5) is 0 Å². The van der Waals surface area contributed by atoms with Gasteiger partial charge in [0.25, 0.3) is 0 Å². The molecule has 0 unspecified atom stereocenters. The van der Waals surface area contributed by atoms with Crippen LogP contribution in [0.2, 0.25) is 0 Å². The van der Waals surface area contributed by atoms with Crippen LogP contribution in [0.25, 0.3) is 11.0 Å². The molecule has 2 aromatic carbocycles. The molecule has 1 heterocycles. The van der Waals surface area contributed by atoms with Gasteiger partial charge in [0, 0.05) is 32.6 Å². The number of nitrogens with zero attached hydrogens (tertiary/aromatic N) is 3. The number of hydrogen-bond acceptors (Lipinski definition) is 4. The summed E-state index contributed by atoms with van der Waals surface area (Å²) in [7, 11) is 3.19. The lowest BCUT2D eigenvalue weighted by atomic mass is 10.1. The van der Waals surface area contributed by atoms with E-state index in [2.05, 4.69) is 0 Å². The summed E-state index contributed by atoms with van der Waals surface area (Å²) in [4.78, 5) is 27.5. The van der Waals surface area contributed by atoms with Crippen LogP contribution in [0.15, 0.2) is 47.3 Å². The van der Waals surface area contributed by atoms with Crippen LogP contribution in [-0.2, 0) is 24.4 Å². The van der Waals surface area contributed by atoms with E-state index in [9.17, 15) is 9.59 Å². The number of benzene rings is 2. The minimum atomic E-state index is -0.0746. The summed E-state index contributed by atoms with van der Waals surface area (Å²) in [6, 6.07) is 13.3. The molecule has 3 rings (SSSR count). The first-order valence-electron chi connectivity index (χ1n) is 10.2. The van der Waals surface area contributed by atoms with E-state index in [1.807, 2.05) is 56.3 Å². The zero-order chi connectivity index (χ0) is 21.7. The molecule has 0 fully saturated rings. The first-order valence-corrected chi connectivity index (χ1v) is 10.2. The number of aryl methyl sites for hydroxylation is 2. The molecule has 0 aliphatic carbocycles. The molecule has 7 heteroatoms. The molecule has 0 atom stereocenters. The smallest absolute Gasteiger partial charge is 0.329 e. The number of para-hydroxylation sites is 2. The summed E-state index contributed by atoms with van der Waals surface area (Å²) >= 11 is 0. The third kappa shape index (κ3) is 4.20. The Balaban J connectivity index is 1.75. The molecule has 0 spiro atoms. The Morgan fingerprint density at radius 1 is 0.967 bits per heavy atom. The number of carbonyl (C=O) groups is 1. The molecule has 0 bridgehead atoms. The highest BCUT2D eigenvalue weighted by atomic mass is 16.5. The van der Waals surface area contributed by atoms with Crippen molar-refractivity contribution in [1.29, 1.82) is 0 Å². The predicted octanol–water partition coefficient (Wildman–Crippen LogP) is 3.28. The fourth-order valence-corrected chi connectivity index (χ4v) is 3.74. The lowest BCUT2D eigenvalue weighted by Gasteiger charge is -2.22. The van der Waals surface area contributed by atoms with Crippen molar-refractivity contribution in [2.75, 3.05) is 20.8 Å². The first kappa shape index (κ1) is 21.5. The minimum Gasteiger partial charge on any atom is -0.493 e. The van der Waals surface area contributed by atoms with Gasteiger partial charge in [-0.2, -0.15) is 0 Å². The van der Waals surface area contributed by atoms with Crippen molar-refractivity contribution in [2.45, 2.75) is 39.9 Å².